The number of hydrogen-bond acceptors (Lipinski definition) is 3. The highest BCUT2D eigenvalue weighted by molar-refractivity contribution is 5.39. The molecule has 0 aliphatic carbocycles. The minimum Gasteiger partial charge on any atom is -0.399 e. The summed E-state index contributed by atoms with van der Waals surface area (Å²) in [6.07, 6.45) is 0. The number of anilines is 1. The van der Waals surface area contributed by atoms with Crippen molar-refractivity contribution in [1.29, 1.82) is 0 Å². The number of nitrogen functional groups attached to an aromatic ring is 1. The van der Waals surface area contributed by atoms with Gasteiger partial charge in [-0.3, -0.25) is 0 Å². The van der Waals surface area contributed by atoms with E-state index in [1.54, 1.807) is 7.11 Å². The monoisotopic (exact) mass is 237 g/mol. The summed E-state index contributed by atoms with van der Waals surface area (Å²) in [4.78, 5) is 0. The zero-order valence-corrected chi connectivity index (χ0v) is 11.4. The molecule has 0 bridgehead atoms. The Bertz CT molecular complexity index is 355. The van der Waals surface area contributed by atoms with Gasteiger partial charge in [0.15, 0.2) is 0 Å². The van der Waals surface area contributed by atoms with Crippen molar-refractivity contribution in [3.8, 4) is 0 Å². The number of methoxy groups -OCH3 is 1. The third-order valence-corrected chi connectivity index (χ3v) is 3.54. The Morgan fingerprint density at radius 2 is 1.53 bits per heavy atom. The van der Waals surface area contributed by atoms with Gasteiger partial charge in [0.1, 0.15) is 0 Å². The van der Waals surface area contributed by atoms with Crippen LogP contribution in [0.3, 0.4) is 0 Å². The van der Waals surface area contributed by atoms with Crippen LogP contribution < -0.4 is 5.73 Å². The molecule has 0 atom stereocenters. The molecule has 0 amide bonds. The van der Waals surface area contributed by atoms with Gasteiger partial charge in [-0.1, -0.05) is 12.1 Å². The Morgan fingerprint density at radius 1 is 1.00 bits per heavy atom. The van der Waals surface area contributed by atoms with E-state index in [-0.39, 0.29) is 11.2 Å². The lowest BCUT2D eigenvalue weighted by Gasteiger charge is -2.40. The minimum absolute atomic E-state index is 0.333. The second-order valence-electron chi connectivity index (χ2n) is 5.26. The maximum absolute atomic E-state index is 5.95. The van der Waals surface area contributed by atoms with Crippen molar-refractivity contribution in [3.63, 3.8) is 0 Å². The van der Waals surface area contributed by atoms with Crippen molar-refractivity contribution in [2.75, 3.05) is 12.8 Å². The number of benzene rings is 1. The summed E-state index contributed by atoms with van der Waals surface area (Å²) >= 11 is 0. The predicted octanol–water partition coefficient (Wildman–Crippen LogP) is 2.99. The highest BCUT2D eigenvalue weighted by Crippen LogP contribution is 2.29. The molecule has 0 saturated heterocycles. The number of ether oxygens (including phenoxy) is 2. The molecule has 2 N–H and O–H groups in total. The SMILES string of the molecule is COC(C)(C)C(C)(C)OCc1ccc(N)cc1. The summed E-state index contributed by atoms with van der Waals surface area (Å²) in [6, 6.07) is 7.72. The van der Waals surface area contributed by atoms with Crippen LogP contribution in [0.15, 0.2) is 24.3 Å². The van der Waals surface area contributed by atoms with Crippen LogP contribution in [0.4, 0.5) is 5.69 Å². The molecule has 17 heavy (non-hydrogen) atoms. The van der Waals surface area contributed by atoms with Gasteiger partial charge in [-0.25, -0.2) is 0 Å². The molecule has 96 valence electrons. The van der Waals surface area contributed by atoms with Crippen LogP contribution in [0, 0.1) is 0 Å². The van der Waals surface area contributed by atoms with E-state index in [0.717, 1.165) is 11.3 Å². The second-order valence-corrected chi connectivity index (χ2v) is 5.26. The minimum atomic E-state index is -0.358. The van der Waals surface area contributed by atoms with Crippen molar-refractivity contribution in [2.24, 2.45) is 0 Å². The molecule has 1 aromatic carbocycles. The van der Waals surface area contributed by atoms with E-state index in [1.165, 1.54) is 0 Å². The molecule has 0 aromatic heterocycles. The largest absolute Gasteiger partial charge is 0.399 e. The summed E-state index contributed by atoms with van der Waals surface area (Å²) in [6.45, 7) is 8.67. The Kier molecular flexibility index (Phi) is 4.17. The maximum Gasteiger partial charge on any atom is 0.0913 e. The van der Waals surface area contributed by atoms with Gasteiger partial charge in [-0.2, -0.15) is 0 Å². The van der Waals surface area contributed by atoms with Crippen LogP contribution >= 0.6 is 0 Å². The predicted molar refractivity (Wildman–Crippen MR) is 70.8 cm³/mol. The molecule has 1 rings (SSSR count). The van der Waals surface area contributed by atoms with Gasteiger partial charge in [0, 0.05) is 12.8 Å². The summed E-state index contributed by atoms with van der Waals surface area (Å²) in [7, 11) is 1.70. The summed E-state index contributed by atoms with van der Waals surface area (Å²) in [5.74, 6) is 0. The zero-order valence-electron chi connectivity index (χ0n) is 11.4. The zero-order chi connectivity index (χ0) is 13.1. The molecule has 0 fully saturated rings. The first-order chi connectivity index (χ1) is 7.78. The van der Waals surface area contributed by atoms with Gasteiger partial charge in [-0.05, 0) is 45.4 Å². The molecule has 0 spiro atoms. The van der Waals surface area contributed by atoms with E-state index < -0.39 is 0 Å². The summed E-state index contributed by atoms with van der Waals surface area (Å²) in [5.41, 5.74) is 6.83. The van der Waals surface area contributed by atoms with Crippen molar-refractivity contribution >= 4 is 5.69 Å². The fourth-order valence-electron chi connectivity index (χ4n) is 1.30. The van der Waals surface area contributed by atoms with Crippen LogP contribution in [-0.2, 0) is 16.1 Å². The molecule has 0 aliphatic heterocycles. The third-order valence-electron chi connectivity index (χ3n) is 3.54. The molecule has 0 aliphatic rings. The molecule has 0 saturated carbocycles. The Morgan fingerprint density at radius 3 is 2.00 bits per heavy atom. The van der Waals surface area contributed by atoms with Crippen LogP contribution in [0.1, 0.15) is 33.3 Å². The first kappa shape index (κ1) is 14.0. The number of rotatable bonds is 5. The normalized spacial score (nSPS) is 12.8. The van der Waals surface area contributed by atoms with E-state index >= 15 is 0 Å². The van der Waals surface area contributed by atoms with E-state index in [9.17, 15) is 0 Å². The van der Waals surface area contributed by atoms with Crippen molar-refractivity contribution in [2.45, 2.75) is 45.5 Å². The van der Waals surface area contributed by atoms with Crippen LogP contribution in [0.25, 0.3) is 0 Å². The van der Waals surface area contributed by atoms with Crippen LogP contribution in [-0.4, -0.2) is 18.3 Å². The molecular formula is C14H23NO2. The lowest BCUT2D eigenvalue weighted by molar-refractivity contribution is -0.169. The van der Waals surface area contributed by atoms with Crippen molar-refractivity contribution in [1.82, 2.24) is 0 Å². The first-order valence-corrected chi connectivity index (χ1v) is 5.82. The molecule has 3 heteroatoms. The van der Waals surface area contributed by atoms with Crippen LogP contribution in [0.5, 0.6) is 0 Å². The fourth-order valence-corrected chi connectivity index (χ4v) is 1.30. The standard InChI is InChI=1S/C14H23NO2/c1-13(2,16-5)14(3,4)17-10-11-6-8-12(15)9-7-11/h6-9H,10,15H2,1-5H3. The van der Waals surface area contributed by atoms with E-state index in [2.05, 4.69) is 0 Å². The lowest BCUT2D eigenvalue weighted by Crippen LogP contribution is -2.48. The van der Waals surface area contributed by atoms with Gasteiger partial charge < -0.3 is 15.2 Å². The van der Waals surface area contributed by atoms with Crippen molar-refractivity contribution < 1.29 is 9.47 Å². The summed E-state index contributed by atoms with van der Waals surface area (Å²) < 4.78 is 11.4. The topological polar surface area (TPSA) is 44.5 Å². The maximum atomic E-state index is 5.95. The number of nitrogens with two attached hydrogens (primary N) is 1. The third kappa shape index (κ3) is 3.45. The van der Waals surface area contributed by atoms with Gasteiger partial charge in [0.05, 0.1) is 17.8 Å². The Balaban J connectivity index is 2.64. The molecule has 0 unspecified atom stereocenters. The molecule has 1 aromatic rings. The molecule has 3 nitrogen and oxygen atoms in total. The van der Waals surface area contributed by atoms with Gasteiger partial charge >= 0.3 is 0 Å². The van der Waals surface area contributed by atoms with Gasteiger partial charge in [0.2, 0.25) is 0 Å². The Labute approximate surface area is 104 Å². The van der Waals surface area contributed by atoms with E-state index in [4.69, 9.17) is 15.2 Å². The molecule has 0 heterocycles. The summed E-state index contributed by atoms with van der Waals surface area (Å²) in [5, 5.41) is 0. The highest BCUT2D eigenvalue weighted by atomic mass is 16.6. The smallest absolute Gasteiger partial charge is 0.0913 e. The second kappa shape index (κ2) is 5.07. The fraction of sp³-hybridized carbons (Fsp3) is 0.571. The first-order valence-electron chi connectivity index (χ1n) is 5.82. The van der Waals surface area contributed by atoms with Crippen molar-refractivity contribution in [3.05, 3.63) is 29.8 Å². The van der Waals surface area contributed by atoms with Gasteiger partial charge in [-0.15, -0.1) is 0 Å². The quantitative estimate of drug-likeness (QED) is 0.801. The molecule has 0 radical (unpaired) electrons. The highest BCUT2D eigenvalue weighted by Gasteiger charge is 2.38. The average molecular weight is 237 g/mol. The average Bonchev–Trinajstić information content (AvgIpc) is 2.28. The van der Waals surface area contributed by atoms with E-state index in [0.29, 0.717) is 6.61 Å². The number of hydrogen-bond donors (Lipinski definition) is 1. The molecular weight excluding hydrogens is 214 g/mol. The van der Waals surface area contributed by atoms with Crippen LogP contribution in [0.2, 0.25) is 0 Å². The van der Waals surface area contributed by atoms with E-state index in [1.807, 2.05) is 52.0 Å². The lowest BCUT2D eigenvalue weighted by atomic mass is 9.89. The Hall–Kier alpha value is -1.06. The van der Waals surface area contributed by atoms with Gasteiger partial charge in [0.25, 0.3) is 0 Å².